The zero-order valence-corrected chi connectivity index (χ0v) is 11.1. The van der Waals surface area contributed by atoms with Crippen molar-refractivity contribution in [2.24, 2.45) is 0 Å². The number of rotatable bonds is 5. The minimum atomic E-state index is 0.0304. The minimum Gasteiger partial charge on any atom is -0.374 e. The lowest BCUT2D eigenvalue weighted by molar-refractivity contribution is 0.0205. The summed E-state index contributed by atoms with van der Waals surface area (Å²) in [5.41, 5.74) is 1.27. The van der Waals surface area contributed by atoms with Gasteiger partial charge in [0.15, 0.2) is 0 Å². The number of nitrogens with zero attached hydrogens (tertiary/aromatic N) is 2. The quantitative estimate of drug-likeness (QED) is 0.852. The molecule has 0 spiro atoms. The Kier molecular flexibility index (Phi) is 3.84. The van der Waals surface area contributed by atoms with Crippen molar-refractivity contribution in [3.63, 3.8) is 0 Å². The highest BCUT2D eigenvalue weighted by Crippen LogP contribution is 2.24. The van der Waals surface area contributed by atoms with Crippen LogP contribution in [-0.2, 0) is 11.3 Å². The Morgan fingerprint density at radius 1 is 1.59 bits per heavy atom. The second kappa shape index (κ2) is 5.19. The van der Waals surface area contributed by atoms with Crippen LogP contribution in [0.3, 0.4) is 0 Å². The molecule has 0 amide bonds. The first-order valence-electron chi connectivity index (χ1n) is 6.46. The third-order valence-corrected chi connectivity index (χ3v) is 3.41. The largest absolute Gasteiger partial charge is 0.374 e. The highest BCUT2D eigenvalue weighted by atomic mass is 16.5. The fraction of sp³-hybridized carbons (Fsp3) is 0.769. The van der Waals surface area contributed by atoms with Crippen molar-refractivity contribution in [2.75, 3.05) is 13.2 Å². The van der Waals surface area contributed by atoms with E-state index >= 15 is 0 Å². The molecule has 1 aliphatic rings. The van der Waals surface area contributed by atoms with E-state index in [9.17, 15) is 0 Å². The summed E-state index contributed by atoms with van der Waals surface area (Å²) in [6.07, 6.45) is 6.17. The molecule has 1 atom stereocenters. The average Bonchev–Trinajstić information content (AvgIpc) is 2.87. The van der Waals surface area contributed by atoms with Crippen LogP contribution < -0.4 is 5.32 Å². The zero-order chi connectivity index (χ0) is 12.3. The molecule has 1 aromatic rings. The van der Waals surface area contributed by atoms with Gasteiger partial charge in [-0.3, -0.25) is 0 Å². The molecule has 0 aliphatic carbocycles. The van der Waals surface area contributed by atoms with Gasteiger partial charge in [0.05, 0.1) is 17.6 Å². The first kappa shape index (κ1) is 12.6. The fourth-order valence-corrected chi connectivity index (χ4v) is 2.37. The van der Waals surface area contributed by atoms with Crippen molar-refractivity contribution in [3.05, 3.63) is 18.2 Å². The van der Waals surface area contributed by atoms with E-state index < -0.39 is 0 Å². The van der Waals surface area contributed by atoms with Crippen LogP contribution in [0.2, 0.25) is 0 Å². The van der Waals surface area contributed by atoms with Gasteiger partial charge in [0, 0.05) is 31.9 Å². The first-order chi connectivity index (χ1) is 8.11. The topological polar surface area (TPSA) is 39.1 Å². The van der Waals surface area contributed by atoms with Crippen molar-refractivity contribution < 1.29 is 4.74 Å². The molecular weight excluding hydrogens is 214 g/mol. The molecule has 0 saturated carbocycles. The molecule has 0 bridgehead atoms. The van der Waals surface area contributed by atoms with Crippen LogP contribution in [0.25, 0.3) is 0 Å². The highest BCUT2D eigenvalue weighted by molar-refractivity contribution is 4.99. The van der Waals surface area contributed by atoms with Gasteiger partial charge in [-0.15, -0.1) is 0 Å². The van der Waals surface area contributed by atoms with Gasteiger partial charge in [-0.1, -0.05) is 0 Å². The maximum atomic E-state index is 5.75. The Bertz CT molecular complexity index is 353. The van der Waals surface area contributed by atoms with E-state index in [1.54, 1.807) is 0 Å². The molecule has 1 N–H and O–H groups in total. The molecule has 4 heteroatoms. The van der Waals surface area contributed by atoms with Gasteiger partial charge in [0.2, 0.25) is 0 Å². The second-order valence-corrected chi connectivity index (χ2v) is 5.39. The SMILES string of the molecule is CC(C)n1cncc1CNCC1(C)CCCO1. The monoisotopic (exact) mass is 237 g/mol. The number of imidazole rings is 1. The molecule has 1 fully saturated rings. The summed E-state index contributed by atoms with van der Waals surface area (Å²) in [7, 11) is 0. The van der Waals surface area contributed by atoms with Crippen LogP contribution in [0.5, 0.6) is 0 Å². The van der Waals surface area contributed by atoms with Crippen LogP contribution in [-0.4, -0.2) is 28.3 Å². The van der Waals surface area contributed by atoms with Crippen LogP contribution in [0.1, 0.15) is 45.3 Å². The lowest BCUT2D eigenvalue weighted by Gasteiger charge is -2.23. The first-order valence-corrected chi connectivity index (χ1v) is 6.46. The predicted molar refractivity (Wildman–Crippen MR) is 67.9 cm³/mol. The van der Waals surface area contributed by atoms with Crippen molar-refractivity contribution in [1.29, 1.82) is 0 Å². The fourth-order valence-electron chi connectivity index (χ4n) is 2.37. The molecule has 2 heterocycles. The number of ether oxygens (including phenoxy) is 1. The van der Waals surface area contributed by atoms with Crippen molar-refractivity contribution in [3.8, 4) is 0 Å². The van der Waals surface area contributed by atoms with E-state index in [2.05, 4.69) is 35.6 Å². The molecule has 1 aliphatic heterocycles. The Morgan fingerprint density at radius 3 is 3.06 bits per heavy atom. The summed E-state index contributed by atoms with van der Waals surface area (Å²) in [6, 6.07) is 0.465. The Balaban J connectivity index is 1.83. The molecule has 2 rings (SSSR count). The maximum absolute atomic E-state index is 5.75. The van der Waals surface area contributed by atoms with Gasteiger partial charge in [-0.25, -0.2) is 4.98 Å². The summed E-state index contributed by atoms with van der Waals surface area (Å²) in [6.45, 7) is 9.21. The number of hydrogen-bond acceptors (Lipinski definition) is 3. The van der Waals surface area contributed by atoms with Gasteiger partial charge < -0.3 is 14.6 Å². The van der Waals surface area contributed by atoms with Gasteiger partial charge in [0.1, 0.15) is 0 Å². The summed E-state index contributed by atoms with van der Waals surface area (Å²) >= 11 is 0. The molecule has 0 radical (unpaired) electrons. The van der Waals surface area contributed by atoms with E-state index in [0.29, 0.717) is 6.04 Å². The Hall–Kier alpha value is -0.870. The number of aromatic nitrogens is 2. The molecule has 17 heavy (non-hydrogen) atoms. The van der Waals surface area contributed by atoms with E-state index in [-0.39, 0.29) is 5.60 Å². The zero-order valence-electron chi connectivity index (χ0n) is 11.1. The molecule has 4 nitrogen and oxygen atoms in total. The van der Waals surface area contributed by atoms with E-state index in [4.69, 9.17) is 4.74 Å². The lowest BCUT2D eigenvalue weighted by atomic mass is 10.0. The summed E-state index contributed by atoms with van der Waals surface area (Å²) in [5.74, 6) is 0. The Labute approximate surface area is 103 Å². The molecule has 0 aromatic carbocycles. The summed E-state index contributed by atoms with van der Waals surface area (Å²) in [4.78, 5) is 4.20. The molecular formula is C13H23N3O. The minimum absolute atomic E-state index is 0.0304. The molecule has 96 valence electrons. The number of hydrogen-bond donors (Lipinski definition) is 1. The molecule has 1 unspecified atom stereocenters. The van der Waals surface area contributed by atoms with Crippen molar-refractivity contribution in [2.45, 2.75) is 51.8 Å². The van der Waals surface area contributed by atoms with Gasteiger partial charge >= 0.3 is 0 Å². The van der Waals surface area contributed by atoms with E-state index in [1.165, 1.54) is 12.1 Å². The van der Waals surface area contributed by atoms with Gasteiger partial charge in [-0.05, 0) is 33.6 Å². The third-order valence-electron chi connectivity index (χ3n) is 3.41. The average molecular weight is 237 g/mol. The van der Waals surface area contributed by atoms with Crippen molar-refractivity contribution in [1.82, 2.24) is 14.9 Å². The maximum Gasteiger partial charge on any atom is 0.0951 e. The smallest absolute Gasteiger partial charge is 0.0951 e. The van der Waals surface area contributed by atoms with Crippen LogP contribution in [0.15, 0.2) is 12.5 Å². The Morgan fingerprint density at radius 2 is 2.41 bits per heavy atom. The van der Waals surface area contributed by atoms with Crippen LogP contribution in [0.4, 0.5) is 0 Å². The van der Waals surface area contributed by atoms with Gasteiger partial charge in [-0.2, -0.15) is 0 Å². The summed E-state index contributed by atoms with van der Waals surface area (Å²) in [5, 5.41) is 3.48. The highest BCUT2D eigenvalue weighted by Gasteiger charge is 2.29. The third kappa shape index (κ3) is 3.07. The predicted octanol–water partition coefficient (Wildman–Crippen LogP) is 2.12. The standard InChI is InChI=1S/C13H23N3O/c1-11(2)16-10-15-8-12(16)7-14-9-13(3)5-4-6-17-13/h8,10-11,14H,4-7,9H2,1-3H3. The van der Waals surface area contributed by atoms with Crippen LogP contribution in [0, 0.1) is 0 Å². The molecule has 1 aromatic heterocycles. The number of nitrogens with one attached hydrogen (secondary N) is 1. The summed E-state index contributed by atoms with van der Waals surface area (Å²) < 4.78 is 7.95. The normalized spacial score (nSPS) is 24.7. The van der Waals surface area contributed by atoms with Gasteiger partial charge in [0.25, 0.3) is 0 Å². The van der Waals surface area contributed by atoms with E-state index in [0.717, 1.165) is 26.1 Å². The lowest BCUT2D eigenvalue weighted by Crippen LogP contribution is -2.37. The second-order valence-electron chi connectivity index (χ2n) is 5.39. The van der Waals surface area contributed by atoms with Crippen LogP contribution >= 0.6 is 0 Å². The molecule has 1 saturated heterocycles. The van der Waals surface area contributed by atoms with E-state index in [1.807, 2.05) is 12.5 Å². The van der Waals surface area contributed by atoms with Crippen molar-refractivity contribution >= 4 is 0 Å².